The molecule has 104 valence electrons. The van der Waals surface area contributed by atoms with E-state index in [2.05, 4.69) is 15.9 Å². The van der Waals surface area contributed by atoms with Crippen LogP contribution >= 0.6 is 15.9 Å². The van der Waals surface area contributed by atoms with Crippen molar-refractivity contribution in [2.45, 2.75) is 6.92 Å². The molecule has 0 unspecified atom stereocenters. The fourth-order valence-electron chi connectivity index (χ4n) is 1.96. The lowest BCUT2D eigenvalue weighted by Crippen LogP contribution is -2.26. The highest BCUT2D eigenvalue weighted by molar-refractivity contribution is 9.10. The average Bonchev–Trinajstić information content (AvgIpc) is 2.48. The number of methoxy groups -OCH3 is 1. The number of ether oxygens (including phenoxy) is 1. The summed E-state index contributed by atoms with van der Waals surface area (Å²) in [5, 5.41) is 0. The van der Waals surface area contributed by atoms with Crippen molar-refractivity contribution in [1.82, 2.24) is 0 Å². The topological polar surface area (TPSA) is 29.5 Å². The van der Waals surface area contributed by atoms with Crippen LogP contribution in [0.4, 0.5) is 5.69 Å². The first-order valence-electron chi connectivity index (χ1n) is 6.22. The van der Waals surface area contributed by atoms with Crippen molar-refractivity contribution >= 4 is 27.5 Å². The standard InChI is InChI=1S/C16H16BrNO2/c1-11-14(8-5-9-15(11)17)16(19)18(2)12-6-4-7-13(10-12)20-3/h4-10H,1-3H3. The van der Waals surface area contributed by atoms with E-state index in [9.17, 15) is 4.79 Å². The average molecular weight is 334 g/mol. The first-order chi connectivity index (χ1) is 9.54. The molecule has 0 saturated carbocycles. The van der Waals surface area contributed by atoms with Gasteiger partial charge in [0.2, 0.25) is 0 Å². The monoisotopic (exact) mass is 333 g/mol. The molecule has 0 heterocycles. The summed E-state index contributed by atoms with van der Waals surface area (Å²) in [5.41, 5.74) is 2.42. The molecule has 0 spiro atoms. The van der Waals surface area contributed by atoms with Gasteiger partial charge in [0.05, 0.1) is 7.11 Å². The second-order valence-corrected chi connectivity index (χ2v) is 5.33. The number of hydrogen-bond acceptors (Lipinski definition) is 2. The quantitative estimate of drug-likeness (QED) is 0.848. The van der Waals surface area contributed by atoms with E-state index < -0.39 is 0 Å². The van der Waals surface area contributed by atoms with Crippen molar-refractivity contribution in [3.05, 3.63) is 58.1 Å². The Bertz CT molecular complexity index is 640. The van der Waals surface area contributed by atoms with Crippen molar-refractivity contribution in [3.8, 4) is 5.75 Å². The molecule has 0 bridgehead atoms. The molecule has 0 aliphatic carbocycles. The summed E-state index contributed by atoms with van der Waals surface area (Å²) < 4.78 is 6.12. The van der Waals surface area contributed by atoms with Crippen molar-refractivity contribution in [2.75, 3.05) is 19.1 Å². The number of anilines is 1. The Morgan fingerprint density at radius 1 is 1.20 bits per heavy atom. The Labute approximate surface area is 127 Å². The summed E-state index contributed by atoms with van der Waals surface area (Å²) in [7, 11) is 3.37. The van der Waals surface area contributed by atoms with E-state index in [-0.39, 0.29) is 5.91 Å². The molecule has 3 nitrogen and oxygen atoms in total. The van der Waals surface area contributed by atoms with Gasteiger partial charge in [-0.3, -0.25) is 4.79 Å². The highest BCUT2D eigenvalue weighted by atomic mass is 79.9. The molecule has 2 rings (SSSR count). The summed E-state index contributed by atoms with van der Waals surface area (Å²) >= 11 is 3.45. The first-order valence-corrected chi connectivity index (χ1v) is 7.01. The van der Waals surface area contributed by atoms with Gasteiger partial charge >= 0.3 is 0 Å². The third-order valence-corrected chi connectivity index (χ3v) is 4.10. The van der Waals surface area contributed by atoms with E-state index in [0.29, 0.717) is 5.56 Å². The number of nitrogens with zero attached hydrogens (tertiary/aromatic N) is 1. The van der Waals surface area contributed by atoms with E-state index in [1.165, 1.54) is 0 Å². The van der Waals surface area contributed by atoms with Crippen molar-refractivity contribution in [1.29, 1.82) is 0 Å². The van der Waals surface area contributed by atoms with Crippen LogP contribution in [0.15, 0.2) is 46.9 Å². The Morgan fingerprint density at radius 2 is 1.90 bits per heavy atom. The van der Waals surface area contributed by atoms with Gasteiger partial charge in [-0.1, -0.05) is 28.1 Å². The van der Waals surface area contributed by atoms with Crippen molar-refractivity contribution < 1.29 is 9.53 Å². The van der Waals surface area contributed by atoms with E-state index in [0.717, 1.165) is 21.5 Å². The molecule has 2 aromatic rings. The Kier molecular flexibility index (Phi) is 4.45. The Morgan fingerprint density at radius 3 is 2.60 bits per heavy atom. The Balaban J connectivity index is 2.35. The molecule has 0 N–H and O–H groups in total. The second-order valence-electron chi connectivity index (χ2n) is 4.48. The van der Waals surface area contributed by atoms with Gasteiger partial charge in [0.15, 0.2) is 0 Å². The number of benzene rings is 2. The number of hydrogen-bond donors (Lipinski definition) is 0. The van der Waals surface area contributed by atoms with Gasteiger partial charge in [0, 0.05) is 28.8 Å². The zero-order chi connectivity index (χ0) is 14.7. The van der Waals surface area contributed by atoms with Crippen molar-refractivity contribution in [3.63, 3.8) is 0 Å². The summed E-state index contributed by atoms with van der Waals surface area (Å²) in [6.07, 6.45) is 0. The van der Waals surface area contributed by atoms with Crippen LogP contribution in [0.3, 0.4) is 0 Å². The van der Waals surface area contributed by atoms with E-state index in [4.69, 9.17) is 4.74 Å². The minimum absolute atomic E-state index is 0.0444. The maximum absolute atomic E-state index is 12.6. The second kappa shape index (κ2) is 6.09. The van der Waals surface area contributed by atoms with E-state index in [1.807, 2.05) is 49.4 Å². The molecule has 2 aromatic carbocycles. The lowest BCUT2D eigenvalue weighted by atomic mass is 10.1. The molecule has 0 aliphatic rings. The van der Waals surface area contributed by atoms with Crippen LogP contribution in [0.2, 0.25) is 0 Å². The maximum Gasteiger partial charge on any atom is 0.258 e. The summed E-state index contributed by atoms with van der Waals surface area (Å²) in [6, 6.07) is 13.1. The normalized spacial score (nSPS) is 10.2. The fraction of sp³-hybridized carbons (Fsp3) is 0.188. The minimum atomic E-state index is -0.0444. The van der Waals surface area contributed by atoms with Gasteiger partial charge in [0.25, 0.3) is 5.91 Å². The number of halogens is 1. The Hall–Kier alpha value is -1.81. The lowest BCUT2D eigenvalue weighted by molar-refractivity contribution is 0.0992. The number of carbonyl (C=O) groups is 1. The van der Waals surface area contributed by atoms with E-state index in [1.54, 1.807) is 19.1 Å². The van der Waals surface area contributed by atoms with Crippen molar-refractivity contribution in [2.24, 2.45) is 0 Å². The molecular weight excluding hydrogens is 318 g/mol. The van der Waals surface area contributed by atoms with Crippen LogP contribution in [0, 0.1) is 6.92 Å². The van der Waals surface area contributed by atoms with Crippen LogP contribution in [0.1, 0.15) is 15.9 Å². The van der Waals surface area contributed by atoms with Gasteiger partial charge in [-0.15, -0.1) is 0 Å². The number of rotatable bonds is 3. The van der Waals surface area contributed by atoms with E-state index >= 15 is 0 Å². The molecule has 0 atom stereocenters. The fourth-order valence-corrected chi connectivity index (χ4v) is 2.32. The third-order valence-electron chi connectivity index (χ3n) is 3.24. The molecule has 0 aromatic heterocycles. The number of carbonyl (C=O) groups excluding carboxylic acids is 1. The molecule has 0 radical (unpaired) electrons. The maximum atomic E-state index is 12.6. The van der Waals surface area contributed by atoms with Crippen LogP contribution < -0.4 is 9.64 Å². The van der Waals surface area contributed by atoms with Crippen LogP contribution in [0.25, 0.3) is 0 Å². The third kappa shape index (κ3) is 2.85. The zero-order valence-electron chi connectivity index (χ0n) is 11.7. The smallest absolute Gasteiger partial charge is 0.258 e. The molecule has 4 heteroatoms. The number of amides is 1. The predicted molar refractivity (Wildman–Crippen MR) is 84.6 cm³/mol. The summed E-state index contributed by atoms with van der Waals surface area (Å²) in [5.74, 6) is 0.685. The van der Waals surface area contributed by atoms with Crippen LogP contribution in [0.5, 0.6) is 5.75 Å². The molecule has 1 amide bonds. The van der Waals surface area contributed by atoms with Gasteiger partial charge in [-0.05, 0) is 36.8 Å². The molecule has 0 saturated heterocycles. The van der Waals surface area contributed by atoms with Crippen LogP contribution in [-0.4, -0.2) is 20.1 Å². The summed E-state index contributed by atoms with van der Waals surface area (Å²) in [4.78, 5) is 14.2. The highest BCUT2D eigenvalue weighted by Crippen LogP contribution is 2.24. The predicted octanol–water partition coefficient (Wildman–Crippen LogP) is 4.04. The van der Waals surface area contributed by atoms with Gasteiger partial charge < -0.3 is 9.64 Å². The van der Waals surface area contributed by atoms with Crippen LogP contribution in [-0.2, 0) is 0 Å². The first kappa shape index (κ1) is 14.6. The van der Waals surface area contributed by atoms with Gasteiger partial charge in [-0.25, -0.2) is 0 Å². The lowest BCUT2D eigenvalue weighted by Gasteiger charge is -2.19. The van der Waals surface area contributed by atoms with Gasteiger partial charge in [-0.2, -0.15) is 0 Å². The molecular formula is C16H16BrNO2. The minimum Gasteiger partial charge on any atom is -0.497 e. The summed E-state index contributed by atoms with van der Waals surface area (Å²) in [6.45, 7) is 1.93. The zero-order valence-corrected chi connectivity index (χ0v) is 13.3. The van der Waals surface area contributed by atoms with Gasteiger partial charge in [0.1, 0.15) is 5.75 Å². The molecule has 0 aliphatic heterocycles. The molecule has 0 fully saturated rings. The SMILES string of the molecule is COc1cccc(N(C)C(=O)c2cccc(Br)c2C)c1. The molecule has 20 heavy (non-hydrogen) atoms. The highest BCUT2D eigenvalue weighted by Gasteiger charge is 2.16. The largest absolute Gasteiger partial charge is 0.497 e.